The van der Waals surface area contributed by atoms with Crippen LogP contribution in [0.3, 0.4) is 0 Å². The Labute approximate surface area is 260 Å². The van der Waals surface area contributed by atoms with Crippen molar-refractivity contribution < 1.29 is 30.8 Å². The number of fused-ring (bicyclic) bond motifs is 2. The second kappa shape index (κ2) is 10.7. The molecule has 3 aliphatic carbocycles. The summed E-state index contributed by atoms with van der Waals surface area (Å²) >= 11 is 1.30. The molecule has 0 radical (unpaired) electrons. The number of carbonyl (C=O) groups excluding carboxylic acids is 1. The van der Waals surface area contributed by atoms with Crippen LogP contribution < -0.4 is 0 Å². The molecule has 3 aromatic heterocycles. The van der Waals surface area contributed by atoms with Gasteiger partial charge in [-0.2, -0.15) is 27.7 Å². The molecule has 2 atom stereocenters. The predicted molar refractivity (Wildman–Crippen MR) is 157 cm³/mol. The van der Waals surface area contributed by atoms with E-state index in [-0.39, 0.29) is 36.5 Å². The molecule has 0 saturated heterocycles. The first kappa shape index (κ1) is 30.0. The van der Waals surface area contributed by atoms with Crippen LogP contribution in [0.4, 0.5) is 17.6 Å². The molecule has 15 heteroatoms. The Hall–Kier alpha value is -3.69. The fraction of sp³-hybridized carbons (Fsp3) is 0.400. The maximum absolute atomic E-state index is 14.5. The van der Waals surface area contributed by atoms with E-state index in [0.717, 1.165) is 17.7 Å². The molecule has 1 aromatic carbocycles. The number of aryl methyl sites for hydroxylation is 1. The lowest BCUT2D eigenvalue weighted by molar-refractivity contribution is -0.140. The van der Waals surface area contributed by atoms with Gasteiger partial charge in [-0.15, -0.1) is 11.3 Å². The van der Waals surface area contributed by atoms with Gasteiger partial charge in [0.2, 0.25) is 5.78 Å². The summed E-state index contributed by atoms with van der Waals surface area (Å²) < 4.78 is 86.3. The third-order valence-corrected chi connectivity index (χ3v) is 11.8. The van der Waals surface area contributed by atoms with Gasteiger partial charge in [-0.1, -0.05) is 5.57 Å². The topological polar surface area (TPSA) is 103 Å². The van der Waals surface area contributed by atoms with Gasteiger partial charge < -0.3 is 0 Å². The molecule has 9 nitrogen and oxygen atoms in total. The standard InChI is InChI=1S/C30H28F4N6O3S2/c1-38-11-10-26(37-38)45(42,43)39(17-30(32,33)34)23-7-4-20-12-24-19(15-36-40(24)22-8-5-21(31)6-9-22)13-29(20,14-23)27(41)28-35-16-25(44-28)18-2-3-18/h5-6,8-12,15-16,18,23H,2-4,7,13-14,17H2,1H3/t23-,29-/m0/s1. The number of allylic oxidation sites excluding steroid dienone is 1. The lowest BCUT2D eigenvalue weighted by atomic mass is 9.61. The minimum absolute atomic E-state index is 0.0637. The number of hydrogen-bond donors (Lipinski definition) is 0. The van der Waals surface area contributed by atoms with Gasteiger partial charge in [-0.3, -0.25) is 9.48 Å². The molecule has 3 heterocycles. The Kier molecular flexibility index (Phi) is 7.13. The Morgan fingerprint density at radius 3 is 2.56 bits per heavy atom. The lowest BCUT2D eigenvalue weighted by Crippen LogP contribution is -2.52. The average Bonchev–Trinajstić information content (AvgIpc) is 3.35. The molecule has 3 aliphatic rings. The molecule has 45 heavy (non-hydrogen) atoms. The van der Waals surface area contributed by atoms with Gasteiger partial charge in [0.1, 0.15) is 12.4 Å². The Morgan fingerprint density at radius 1 is 1.13 bits per heavy atom. The van der Waals surface area contributed by atoms with Gasteiger partial charge in [0.15, 0.2) is 10.0 Å². The zero-order valence-electron chi connectivity index (χ0n) is 24.0. The van der Waals surface area contributed by atoms with Gasteiger partial charge >= 0.3 is 6.18 Å². The number of aromatic nitrogens is 5. The van der Waals surface area contributed by atoms with Crippen LogP contribution in [0.5, 0.6) is 0 Å². The maximum Gasteiger partial charge on any atom is 0.402 e. The summed E-state index contributed by atoms with van der Waals surface area (Å²) in [5.41, 5.74) is 1.31. The predicted octanol–water partition coefficient (Wildman–Crippen LogP) is 5.69. The highest BCUT2D eigenvalue weighted by molar-refractivity contribution is 7.89. The van der Waals surface area contributed by atoms with Crippen LogP contribution in [-0.2, 0) is 23.5 Å². The lowest BCUT2D eigenvalue weighted by Gasteiger charge is -2.46. The van der Waals surface area contributed by atoms with Crippen molar-refractivity contribution in [1.82, 2.24) is 28.9 Å². The maximum atomic E-state index is 14.5. The minimum Gasteiger partial charge on any atom is -0.290 e. The number of Topliss-reactive ketones (excluding diaryl/α,β-unsaturated/α-hetero) is 1. The first-order chi connectivity index (χ1) is 21.3. The van der Waals surface area contributed by atoms with Crippen molar-refractivity contribution in [2.24, 2.45) is 12.5 Å². The largest absolute Gasteiger partial charge is 0.402 e. The van der Waals surface area contributed by atoms with Gasteiger partial charge in [-0.25, -0.2) is 22.5 Å². The molecule has 0 unspecified atom stereocenters. The summed E-state index contributed by atoms with van der Waals surface area (Å²) in [6.45, 7) is -1.71. The fourth-order valence-electron chi connectivity index (χ4n) is 6.51. The Morgan fingerprint density at radius 2 is 1.89 bits per heavy atom. The van der Waals surface area contributed by atoms with Crippen LogP contribution in [-0.4, -0.2) is 61.8 Å². The molecule has 0 aliphatic heterocycles. The SMILES string of the molecule is Cn1ccc(S(=O)(=O)N(CC(F)(F)F)[C@H]2CCC3=Cc4c(cnn4-c4ccc(F)cc4)C[C@]3(C(=O)c3ncc(C4CC4)s3)C2)n1. The normalized spacial score (nSPS) is 21.8. The van der Waals surface area contributed by atoms with Crippen molar-refractivity contribution in [3.63, 3.8) is 0 Å². The van der Waals surface area contributed by atoms with E-state index >= 15 is 0 Å². The van der Waals surface area contributed by atoms with Crippen LogP contribution in [0, 0.1) is 11.2 Å². The van der Waals surface area contributed by atoms with E-state index in [1.807, 2.05) is 6.08 Å². The van der Waals surface area contributed by atoms with E-state index in [0.29, 0.717) is 32.7 Å². The highest BCUT2D eigenvalue weighted by Gasteiger charge is 2.53. The first-order valence-electron chi connectivity index (χ1n) is 14.5. The third kappa shape index (κ3) is 5.44. The number of ketones is 1. The molecule has 236 valence electrons. The van der Waals surface area contributed by atoms with Crippen molar-refractivity contribution in [2.75, 3.05) is 6.54 Å². The number of alkyl halides is 3. The molecular weight excluding hydrogens is 632 g/mol. The number of sulfonamides is 1. The summed E-state index contributed by atoms with van der Waals surface area (Å²) in [6.07, 6.45) is 3.85. The van der Waals surface area contributed by atoms with Crippen molar-refractivity contribution in [2.45, 2.75) is 61.7 Å². The van der Waals surface area contributed by atoms with Crippen LogP contribution >= 0.6 is 11.3 Å². The highest BCUT2D eigenvalue weighted by Crippen LogP contribution is 2.52. The molecule has 0 bridgehead atoms. The average molecular weight is 661 g/mol. The second-order valence-electron chi connectivity index (χ2n) is 11.9. The number of carbonyl (C=O) groups is 1. The van der Waals surface area contributed by atoms with Crippen LogP contribution in [0.25, 0.3) is 11.8 Å². The zero-order chi connectivity index (χ0) is 31.7. The summed E-state index contributed by atoms with van der Waals surface area (Å²) in [4.78, 5) is 20.0. The Bertz CT molecular complexity index is 1920. The molecule has 0 spiro atoms. The summed E-state index contributed by atoms with van der Waals surface area (Å²) in [7, 11) is -3.19. The number of benzene rings is 1. The monoisotopic (exact) mass is 660 g/mol. The third-order valence-electron chi connectivity index (χ3n) is 8.84. The van der Waals surface area contributed by atoms with Crippen molar-refractivity contribution >= 4 is 33.2 Å². The van der Waals surface area contributed by atoms with E-state index < -0.39 is 45.0 Å². The summed E-state index contributed by atoms with van der Waals surface area (Å²) in [5, 5.41) is 8.17. The number of hydrogen-bond acceptors (Lipinski definition) is 7. The van der Waals surface area contributed by atoms with Crippen LogP contribution in [0.2, 0.25) is 0 Å². The van der Waals surface area contributed by atoms with Crippen molar-refractivity contribution in [3.05, 3.63) is 81.5 Å². The molecule has 7 rings (SSSR count). The first-order valence-corrected chi connectivity index (χ1v) is 16.7. The quantitative estimate of drug-likeness (QED) is 0.178. The van der Waals surface area contributed by atoms with E-state index in [2.05, 4.69) is 15.2 Å². The molecule has 2 fully saturated rings. The fourth-order valence-corrected chi connectivity index (χ4v) is 9.23. The molecular formula is C30H28F4N6O3S2. The number of rotatable bonds is 8. The van der Waals surface area contributed by atoms with E-state index in [1.165, 1.54) is 47.5 Å². The van der Waals surface area contributed by atoms with Crippen LogP contribution in [0.1, 0.15) is 64.0 Å². The number of thiazole rings is 1. The van der Waals surface area contributed by atoms with Gasteiger partial charge in [0.05, 0.1) is 23.0 Å². The minimum atomic E-state index is -4.83. The van der Waals surface area contributed by atoms with Gasteiger partial charge in [-0.05, 0) is 86.4 Å². The molecule has 2 saturated carbocycles. The van der Waals surface area contributed by atoms with Gasteiger partial charge in [0.25, 0.3) is 10.0 Å². The van der Waals surface area contributed by atoms with Crippen molar-refractivity contribution in [1.29, 1.82) is 0 Å². The van der Waals surface area contributed by atoms with Crippen molar-refractivity contribution in [3.8, 4) is 5.69 Å². The number of nitrogens with zero attached hydrogens (tertiary/aromatic N) is 6. The van der Waals surface area contributed by atoms with E-state index in [4.69, 9.17) is 0 Å². The van der Waals surface area contributed by atoms with Crippen LogP contribution in [0.15, 0.2) is 59.5 Å². The van der Waals surface area contributed by atoms with E-state index in [1.54, 1.807) is 29.2 Å². The summed E-state index contributed by atoms with van der Waals surface area (Å²) in [5.74, 6) is -0.384. The zero-order valence-corrected chi connectivity index (χ0v) is 25.7. The molecule has 4 aromatic rings. The number of halogens is 4. The van der Waals surface area contributed by atoms with E-state index in [9.17, 15) is 30.8 Å². The smallest absolute Gasteiger partial charge is 0.290 e. The Balaban J connectivity index is 1.32. The van der Waals surface area contributed by atoms with Gasteiger partial charge in [0, 0.05) is 30.4 Å². The molecule has 0 amide bonds. The second-order valence-corrected chi connectivity index (χ2v) is 14.8. The molecule has 0 N–H and O–H groups in total. The highest BCUT2D eigenvalue weighted by atomic mass is 32.2. The summed E-state index contributed by atoms with van der Waals surface area (Å²) in [6, 6.07) is 5.82.